The minimum Gasteiger partial charge on any atom is -0.450 e. The van der Waals surface area contributed by atoms with E-state index < -0.39 is 23.7 Å². The monoisotopic (exact) mass is 472 g/mol. The van der Waals surface area contributed by atoms with Gasteiger partial charge in [0.15, 0.2) is 5.01 Å². The zero-order chi connectivity index (χ0) is 24.1. The van der Waals surface area contributed by atoms with Crippen molar-refractivity contribution in [2.24, 2.45) is 0 Å². The fraction of sp³-hybridized carbons (Fsp3) is 0.200. The summed E-state index contributed by atoms with van der Waals surface area (Å²) in [6.07, 6.45) is 4.29. The van der Waals surface area contributed by atoms with Gasteiger partial charge in [-0.2, -0.15) is 5.26 Å². The third kappa shape index (κ3) is 5.01. The number of thiazole rings is 1. The molecular weight excluding hydrogens is 452 g/mol. The minimum absolute atomic E-state index is 0.117. The van der Waals surface area contributed by atoms with Gasteiger partial charge in [0.25, 0.3) is 0 Å². The predicted octanol–water partition coefficient (Wildman–Crippen LogP) is 4.90. The first-order valence-electron chi connectivity index (χ1n) is 10.4. The Balaban J connectivity index is 1.58. The fourth-order valence-electron chi connectivity index (χ4n) is 3.69. The van der Waals surface area contributed by atoms with Gasteiger partial charge in [0.05, 0.1) is 18.0 Å². The van der Waals surface area contributed by atoms with E-state index in [1.165, 1.54) is 11.3 Å². The topological polar surface area (TPSA) is 124 Å². The number of carbonyl (C=O) groups excluding carboxylic acids is 1. The van der Waals surface area contributed by atoms with Gasteiger partial charge in [0, 0.05) is 5.38 Å². The molecule has 1 aliphatic rings. The molecule has 0 radical (unpaired) electrons. The van der Waals surface area contributed by atoms with Crippen molar-refractivity contribution in [3.05, 3.63) is 70.0 Å². The van der Waals surface area contributed by atoms with E-state index in [0.717, 1.165) is 29.5 Å². The molecule has 2 aromatic carbocycles. The molecule has 1 fully saturated rings. The van der Waals surface area contributed by atoms with Crippen LogP contribution in [-0.2, 0) is 10.2 Å². The Morgan fingerprint density at radius 1 is 1.26 bits per heavy atom. The number of terminal acetylenes is 1. The smallest absolute Gasteiger partial charge is 0.450 e. The summed E-state index contributed by atoms with van der Waals surface area (Å²) in [7, 11) is 0. The third-order valence-electron chi connectivity index (χ3n) is 5.54. The number of aromatic nitrogens is 1. The summed E-state index contributed by atoms with van der Waals surface area (Å²) >= 11 is 1.21. The quantitative estimate of drug-likeness (QED) is 0.332. The van der Waals surface area contributed by atoms with Crippen LogP contribution in [0.5, 0.6) is 0 Å². The summed E-state index contributed by atoms with van der Waals surface area (Å²) in [6, 6.07) is 17.0. The number of hydrogen-bond acceptors (Lipinski definition) is 6. The van der Waals surface area contributed by atoms with Crippen molar-refractivity contribution in [3.63, 3.8) is 0 Å². The molecule has 2 amide bonds. The summed E-state index contributed by atoms with van der Waals surface area (Å²) in [4.78, 5) is 27.7. The van der Waals surface area contributed by atoms with E-state index in [2.05, 4.69) is 27.6 Å². The normalized spacial score (nSPS) is 14.2. The molecule has 3 aromatic rings. The molecule has 170 valence electrons. The molecule has 1 atom stereocenters. The molecule has 9 heteroatoms. The third-order valence-corrected chi connectivity index (χ3v) is 6.31. The predicted molar refractivity (Wildman–Crippen MR) is 127 cm³/mol. The number of nitriles is 1. The molecule has 8 nitrogen and oxygen atoms in total. The maximum absolute atomic E-state index is 12.3. The molecule has 1 heterocycles. The summed E-state index contributed by atoms with van der Waals surface area (Å²) < 4.78 is 5.08. The lowest BCUT2D eigenvalue weighted by Crippen LogP contribution is -2.34. The molecule has 0 spiro atoms. The van der Waals surface area contributed by atoms with Crippen LogP contribution in [0.15, 0.2) is 53.9 Å². The molecule has 1 unspecified atom stereocenters. The van der Waals surface area contributed by atoms with Crippen molar-refractivity contribution in [1.29, 1.82) is 5.26 Å². The van der Waals surface area contributed by atoms with Crippen molar-refractivity contribution in [1.82, 2.24) is 10.3 Å². The van der Waals surface area contributed by atoms with Crippen molar-refractivity contribution < 1.29 is 19.4 Å². The number of urea groups is 1. The van der Waals surface area contributed by atoms with Gasteiger partial charge in [-0.15, -0.1) is 17.8 Å². The Morgan fingerprint density at radius 3 is 2.65 bits per heavy atom. The van der Waals surface area contributed by atoms with Crippen LogP contribution in [0, 0.1) is 23.7 Å². The molecule has 0 aliphatic heterocycles. The van der Waals surface area contributed by atoms with Crippen LogP contribution < -0.4 is 10.6 Å². The van der Waals surface area contributed by atoms with E-state index in [9.17, 15) is 20.0 Å². The lowest BCUT2D eigenvalue weighted by Gasteiger charge is -2.21. The van der Waals surface area contributed by atoms with Crippen LogP contribution >= 0.6 is 11.3 Å². The molecule has 4 rings (SSSR count). The zero-order valence-corrected chi connectivity index (χ0v) is 18.8. The first-order valence-corrected chi connectivity index (χ1v) is 11.3. The average Bonchev–Trinajstić information content (AvgIpc) is 3.53. The van der Waals surface area contributed by atoms with Gasteiger partial charge in [-0.1, -0.05) is 42.5 Å². The second kappa shape index (κ2) is 9.65. The van der Waals surface area contributed by atoms with Crippen molar-refractivity contribution in [2.45, 2.75) is 24.4 Å². The lowest BCUT2D eigenvalue weighted by atomic mass is 9.87. The summed E-state index contributed by atoms with van der Waals surface area (Å²) in [5.74, 6) is 2.68. The highest BCUT2D eigenvalue weighted by atomic mass is 32.1. The van der Waals surface area contributed by atoms with E-state index in [1.807, 2.05) is 42.5 Å². The first kappa shape index (κ1) is 22.8. The average molecular weight is 473 g/mol. The van der Waals surface area contributed by atoms with E-state index in [0.29, 0.717) is 16.4 Å². The summed E-state index contributed by atoms with van der Waals surface area (Å²) in [6.45, 7) is -0.117. The number of nitrogens with zero attached hydrogens (tertiary/aromatic N) is 2. The molecule has 3 N–H and O–H groups in total. The van der Waals surface area contributed by atoms with Crippen LogP contribution in [0.3, 0.4) is 0 Å². The van der Waals surface area contributed by atoms with Crippen LogP contribution in [0.4, 0.5) is 15.4 Å². The molecule has 1 aromatic heterocycles. The standard InChI is InChI=1S/C25H20N4O4S/c1-2-22-28-21(14-34-22)29-23(30)27-13-20(33-24(31)32)17-8-9-18(16-6-4-3-5-7-16)19(12-17)25(15-26)10-11-25/h1,3-9,12,14,20H,10-11,13H2,(H,31,32)(H2,27,29,30). The van der Waals surface area contributed by atoms with Crippen molar-refractivity contribution in [3.8, 4) is 29.5 Å². The number of ether oxygens (including phenoxy) is 1. The van der Waals surface area contributed by atoms with Crippen LogP contribution in [0.2, 0.25) is 0 Å². The van der Waals surface area contributed by atoms with Gasteiger partial charge in [0.1, 0.15) is 11.9 Å². The summed E-state index contributed by atoms with van der Waals surface area (Å²) in [5, 5.41) is 26.3. The Bertz CT molecular complexity index is 1300. The second-order valence-electron chi connectivity index (χ2n) is 7.75. The Labute approximate surface area is 200 Å². The van der Waals surface area contributed by atoms with Gasteiger partial charge in [-0.05, 0) is 47.1 Å². The second-order valence-corrected chi connectivity index (χ2v) is 8.61. The first-order chi connectivity index (χ1) is 16.4. The number of nitrogens with one attached hydrogen (secondary N) is 2. The van der Waals surface area contributed by atoms with Gasteiger partial charge in [0.2, 0.25) is 0 Å². The van der Waals surface area contributed by atoms with Crippen LogP contribution in [0.25, 0.3) is 11.1 Å². The Hall–Kier alpha value is -4.34. The Morgan fingerprint density at radius 2 is 2.03 bits per heavy atom. The fourth-order valence-corrected chi connectivity index (χ4v) is 4.24. The largest absolute Gasteiger partial charge is 0.506 e. The zero-order valence-electron chi connectivity index (χ0n) is 17.9. The van der Waals surface area contributed by atoms with Crippen LogP contribution in [0.1, 0.15) is 35.1 Å². The highest BCUT2D eigenvalue weighted by Gasteiger charge is 2.46. The molecule has 1 aliphatic carbocycles. The number of carbonyl (C=O) groups is 2. The number of benzene rings is 2. The SMILES string of the molecule is C#Cc1nc(NC(=O)NCC(OC(=O)O)c2ccc(-c3ccccc3)c(C3(C#N)CC3)c2)cs1. The molecule has 0 saturated heterocycles. The highest BCUT2D eigenvalue weighted by molar-refractivity contribution is 7.10. The van der Waals surface area contributed by atoms with Gasteiger partial charge in [-0.3, -0.25) is 5.32 Å². The van der Waals surface area contributed by atoms with Gasteiger partial charge < -0.3 is 15.2 Å². The lowest BCUT2D eigenvalue weighted by molar-refractivity contribution is 0.0521. The minimum atomic E-state index is -1.47. The summed E-state index contributed by atoms with van der Waals surface area (Å²) in [5.41, 5.74) is 2.64. The molecular formula is C25H20N4O4S. The van der Waals surface area contributed by atoms with Gasteiger partial charge in [-0.25, -0.2) is 14.6 Å². The van der Waals surface area contributed by atoms with E-state index in [-0.39, 0.29) is 6.54 Å². The number of amides is 2. The molecule has 34 heavy (non-hydrogen) atoms. The van der Waals surface area contributed by atoms with E-state index >= 15 is 0 Å². The number of anilines is 1. The number of rotatable bonds is 7. The van der Waals surface area contributed by atoms with E-state index in [1.54, 1.807) is 11.4 Å². The van der Waals surface area contributed by atoms with Crippen molar-refractivity contribution >= 4 is 29.3 Å². The van der Waals surface area contributed by atoms with Crippen molar-refractivity contribution in [2.75, 3.05) is 11.9 Å². The van der Waals surface area contributed by atoms with Crippen LogP contribution in [-0.4, -0.2) is 28.8 Å². The number of carboxylic acid groups (broad SMARTS) is 1. The number of hydrogen-bond donors (Lipinski definition) is 3. The highest BCUT2D eigenvalue weighted by Crippen LogP contribution is 2.51. The molecule has 0 bridgehead atoms. The van der Waals surface area contributed by atoms with E-state index in [4.69, 9.17) is 11.2 Å². The molecule has 1 saturated carbocycles. The van der Waals surface area contributed by atoms with Gasteiger partial charge >= 0.3 is 12.2 Å². The Kier molecular flexibility index (Phi) is 6.48. The maximum Gasteiger partial charge on any atom is 0.506 e. The maximum atomic E-state index is 12.3.